The van der Waals surface area contributed by atoms with E-state index in [4.69, 9.17) is 13.8 Å². The van der Waals surface area contributed by atoms with Gasteiger partial charge in [-0.05, 0) is 0 Å². The van der Waals surface area contributed by atoms with Crippen LogP contribution in [0.2, 0.25) is 0 Å². The maximum Gasteiger partial charge on any atom is 0.299 e. The van der Waals surface area contributed by atoms with Crippen molar-refractivity contribution in [1.82, 2.24) is 10.3 Å². The fraction of sp³-hybridized carbons (Fsp3) is 0.222. The molecule has 0 saturated heterocycles. The lowest BCUT2D eigenvalue weighted by atomic mass is 10.5. The first-order chi connectivity index (χ1) is 7.95. The molecule has 2 aromatic heterocycles. The van der Waals surface area contributed by atoms with E-state index >= 15 is 0 Å². The summed E-state index contributed by atoms with van der Waals surface area (Å²) < 4.78 is 15.0. The molecule has 3 rings (SSSR count). The molecule has 0 spiro atoms. The van der Waals surface area contributed by atoms with Crippen LogP contribution in [0.1, 0.15) is 0 Å². The fourth-order valence-electron chi connectivity index (χ4n) is 1.42. The third kappa shape index (κ3) is 1.42. The molecule has 0 atom stereocenters. The van der Waals surface area contributed by atoms with Crippen LogP contribution in [-0.4, -0.2) is 29.5 Å². The lowest BCUT2D eigenvalue weighted by molar-refractivity contribution is 0.339. The average Bonchev–Trinajstić information content (AvgIpc) is 3.02. The predicted molar refractivity (Wildman–Crippen MR) is 53.4 cm³/mol. The number of nitrogens with zero attached hydrogens (tertiary/aromatic N) is 4. The largest absolute Gasteiger partial charge is 0.463 e. The molecule has 0 unspecified atom stereocenters. The SMILES string of the molecule is c1cc(N(C2=NCCO2)c2ccon2)no1. The van der Waals surface area contributed by atoms with Crippen LogP contribution in [0.4, 0.5) is 11.6 Å². The van der Waals surface area contributed by atoms with Gasteiger partial charge in [-0.25, -0.2) is 9.89 Å². The minimum absolute atomic E-state index is 0.447. The zero-order valence-electron chi connectivity index (χ0n) is 8.24. The second kappa shape index (κ2) is 3.69. The standard InChI is InChI=1S/C9H8N4O3/c1-4-15-11-7(1)13(8-2-5-16-12-8)9-10-3-6-14-9/h1-2,4-5H,3,6H2. The van der Waals surface area contributed by atoms with Gasteiger partial charge in [0.25, 0.3) is 6.02 Å². The highest BCUT2D eigenvalue weighted by molar-refractivity contribution is 5.97. The Labute approximate surface area is 90.3 Å². The van der Waals surface area contributed by atoms with Crippen molar-refractivity contribution in [2.24, 2.45) is 4.99 Å². The number of amidine groups is 1. The highest BCUT2D eigenvalue weighted by atomic mass is 16.5. The van der Waals surface area contributed by atoms with Gasteiger partial charge in [0.2, 0.25) is 0 Å². The van der Waals surface area contributed by atoms with Crippen LogP contribution in [0.25, 0.3) is 0 Å². The van der Waals surface area contributed by atoms with E-state index in [1.807, 2.05) is 0 Å². The summed E-state index contributed by atoms with van der Waals surface area (Å²) in [5, 5.41) is 7.65. The number of aromatic nitrogens is 2. The Hall–Kier alpha value is -2.31. The summed E-state index contributed by atoms with van der Waals surface area (Å²) in [6.07, 6.45) is 2.94. The lowest BCUT2D eigenvalue weighted by Crippen LogP contribution is -2.26. The van der Waals surface area contributed by atoms with Gasteiger partial charge in [0.05, 0.1) is 6.54 Å². The molecular weight excluding hydrogens is 212 g/mol. The number of rotatable bonds is 2. The number of anilines is 2. The second-order valence-corrected chi connectivity index (χ2v) is 3.06. The second-order valence-electron chi connectivity index (χ2n) is 3.06. The third-order valence-electron chi connectivity index (χ3n) is 2.07. The topological polar surface area (TPSA) is 76.9 Å². The van der Waals surface area contributed by atoms with Crippen LogP contribution in [-0.2, 0) is 4.74 Å². The van der Waals surface area contributed by atoms with E-state index in [9.17, 15) is 0 Å². The number of ether oxygens (including phenoxy) is 1. The Morgan fingerprint density at radius 1 is 1.06 bits per heavy atom. The van der Waals surface area contributed by atoms with E-state index in [2.05, 4.69) is 15.3 Å². The smallest absolute Gasteiger partial charge is 0.299 e. The van der Waals surface area contributed by atoms with Gasteiger partial charge in [-0.15, -0.1) is 0 Å². The Morgan fingerprint density at radius 3 is 2.19 bits per heavy atom. The van der Waals surface area contributed by atoms with Gasteiger partial charge < -0.3 is 13.8 Å². The minimum atomic E-state index is 0.447. The van der Waals surface area contributed by atoms with Gasteiger partial charge in [-0.2, -0.15) is 0 Å². The van der Waals surface area contributed by atoms with Crippen molar-refractivity contribution in [1.29, 1.82) is 0 Å². The van der Waals surface area contributed by atoms with Crippen molar-refractivity contribution in [3.8, 4) is 0 Å². The summed E-state index contributed by atoms with van der Waals surface area (Å²) in [6.45, 7) is 1.18. The van der Waals surface area contributed by atoms with Gasteiger partial charge in [0, 0.05) is 12.1 Å². The van der Waals surface area contributed by atoms with Crippen LogP contribution >= 0.6 is 0 Å². The lowest BCUT2D eigenvalue weighted by Gasteiger charge is -2.16. The van der Waals surface area contributed by atoms with Crippen LogP contribution in [0, 0.1) is 0 Å². The molecule has 7 heteroatoms. The molecule has 82 valence electrons. The number of aliphatic imine (C=N–C) groups is 1. The van der Waals surface area contributed by atoms with Crippen molar-refractivity contribution in [2.75, 3.05) is 18.1 Å². The molecule has 0 fully saturated rings. The molecule has 1 aliphatic heterocycles. The van der Waals surface area contributed by atoms with Crippen LogP contribution in [0.5, 0.6) is 0 Å². The molecule has 7 nitrogen and oxygen atoms in total. The maximum atomic E-state index is 5.38. The van der Waals surface area contributed by atoms with Crippen molar-refractivity contribution < 1.29 is 13.8 Å². The summed E-state index contributed by atoms with van der Waals surface area (Å²) in [5.74, 6) is 1.10. The first kappa shape index (κ1) is 8.96. The Bertz CT molecular complexity index is 443. The highest BCUT2D eigenvalue weighted by Crippen LogP contribution is 2.23. The van der Waals surface area contributed by atoms with Crippen LogP contribution < -0.4 is 4.90 Å². The normalized spacial score (nSPS) is 14.6. The van der Waals surface area contributed by atoms with Crippen molar-refractivity contribution in [3.05, 3.63) is 24.7 Å². The third-order valence-corrected chi connectivity index (χ3v) is 2.07. The zero-order chi connectivity index (χ0) is 10.8. The van der Waals surface area contributed by atoms with Gasteiger partial charge in [-0.1, -0.05) is 10.3 Å². The van der Waals surface area contributed by atoms with E-state index in [0.717, 1.165) is 0 Å². The molecule has 0 N–H and O–H groups in total. The molecule has 1 aliphatic rings. The van der Waals surface area contributed by atoms with Gasteiger partial charge in [0.15, 0.2) is 11.6 Å². The highest BCUT2D eigenvalue weighted by Gasteiger charge is 2.24. The molecule has 0 bridgehead atoms. The summed E-state index contributed by atoms with van der Waals surface area (Å²) in [5.41, 5.74) is 0. The number of hydrogen-bond acceptors (Lipinski definition) is 7. The first-order valence-corrected chi connectivity index (χ1v) is 4.73. The first-order valence-electron chi connectivity index (χ1n) is 4.73. The monoisotopic (exact) mass is 220 g/mol. The summed E-state index contributed by atoms with van der Waals surface area (Å²) in [4.78, 5) is 5.83. The van der Waals surface area contributed by atoms with Gasteiger partial charge in [-0.3, -0.25) is 0 Å². The Balaban J connectivity index is 2.01. The minimum Gasteiger partial charge on any atom is -0.463 e. The molecule has 3 heterocycles. The maximum absolute atomic E-state index is 5.38. The fourth-order valence-corrected chi connectivity index (χ4v) is 1.42. The van der Waals surface area contributed by atoms with Gasteiger partial charge >= 0.3 is 0 Å². The summed E-state index contributed by atoms with van der Waals surface area (Å²) in [6, 6.07) is 3.83. The Morgan fingerprint density at radius 2 is 1.75 bits per heavy atom. The predicted octanol–water partition coefficient (Wildman–Crippen LogP) is 1.19. The summed E-state index contributed by atoms with van der Waals surface area (Å²) >= 11 is 0. The van der Waals surface area contributed by atoms with E-state index in [1.54, 1.807) is 17.0 Å². The van der Waals surface area contributed by atoms with Crippen molar-refractivity contribution in [2.45, 2.75) is 0 Å². The summed E-state index contributed by atoms with van der Waals surface area (Å²) in [7, 11) is 0. The van der Waals surface area contributed by atoms with Gasteiger partial charge in [0.1, 0.15) is 19.1 Å². The quantitative estimate of drug-likeness (QED) is 0.756. The van der Waals surface area contributed by atoms with Crippen molar-refractivity contribution in [3.63, 3.8) is 0 Å². The molecule has 0 aromatic carbocycles. The van der Waals surface area contributed by atoms with E-state index < -0.39 is 0 Å². The average molecular weight is 220 g/mol. The molecular formula is C9H8N4O3. The van der Waals surface area contributed by atoms with E-state index in [1.165, 1.54) is 12.5 Å². The van der Waals surface area contributed by atoms with E-state index in [-0.39, 0.29) is 0 Å². The number of hydrogen-bond donors (Lipinski definition) is 0. The van der Waals surface area contributed by atoms with Crippen LogP contribution in [0.3, 0.4) is 0 Å². The molecule has 0 aliphatic carbocycles. The van der Waals surface area contributed by atoms with E-state index in [0.29, 0.717) is 30.8 Å². The molecule has 16 heavy (non-hydrogen) atoms. The molecule has 0 radical (unpaired) electrons. The molecule has 0 saturated carbocycles. The van der Waals surface area contributed by atoms with Crippen LogP contribution in [0.15, 0.2) is 38.7 Å². The van der Waals surface area contributed by atoms with Crippen molar-refractivity contribution >= 4 is 17.7 Å². The molecule has 2 aromatic rings. The molecule has 0 amide bonds. The zero-order valence-corrected chi connectivity index (χ0v) is 8.24. The Kier molecular flexibility index (Phi) is 2.06.